The summed E-state index contributed by atoms with van der Waals surface area (Å²) in [6, 6.07) is 0. The molecule has 1 rings (SSSR count). The molecule has 114 valence electrons. The molecule has 0 amide bonds. The van der Waals surface area contributed by atoms with E-state index in [1.54, 1.807) is 0 Å². The van der Waals surface area contributed by atoms with Crippen LogP contribution in [0.25, 0.3) is 0 Å². The highest BCUT2D eigenvalue weighted by Gasteiger charge is 2.43. The molecule has 0 aromatic rings. The fraction of sp³-hybridized carbons (Fsp3) is 1.00. The van der Waals surface area contributed by atoms with E-state index >= 15 is 0 Å². The van der Waals surface area contributed by atoms with Gasteiger partial charge in [-0.25, -0.2) is 0 Å². The Morgan fingerprint density at radius 2 is 1.95 bits per heavy atom. The van der Waals surface area contributed by atoms with Gasteiger partial charge in [-0.05, 0) is 34.1 Å². The zero-order valence-corrected chi connectivity index (χ0v) is 12.1. The van der Waals surface area contributed by atoms with Crippen molar-refractivity contribution in [1.82, 2.24) is 5.32 Å². The van der Waals surface area contributed by atoms with E-state index in [-0.39, 0.29) is 23.7 Å². The first kappa shape index (κ1) is 16.7. The van der Waals surface area contributed by atoms with Gasteiger partial charge in [0.15, 0.2) is 0 Å². The van der Waals surface area contributed by atoms with E-state index < -0.39 is 12.8 Å². The first-order valence-corrected chi connectivity index (χ1v) is 6.55. The molecule has 0 aliphatic carbocycles. The third-order valence-electron chi connectivity index (χ3n) is 3.46. The summed E-state index contributed by atoms with van der Waals surface area (Å²) in [6.45, 7) is 8.01. The fourth-order valence-electron chi connectivity index (χ4n) is 2.10. The molecule has 1 fully saturated rings. The molecule has 1 aliphatic heterocycles. The monoisotopic (exact) mass is 283 g/mol. The standard InChI is InChI=1S/C13H24F3NO2/c1-10-12(5-6-19-10,7-17-11(2,3)4)8-18-9-13(14,15)16/h10,17H,5-9H2,1-4H3. The van der Waals surface area contributed by atoms with Crippen LogP contribution in [0.4, 0.5) is 13.2 Å². The second-order valence-electron chi connectivity index (χ2n) is 6.34. The average molecular weight is 283 g/mol. The van der Waals surface area contributed by atoms with Gasteiger partial charge in [-0.1, -0.05) is 0 Å². The Hall–Kier alpha value is -0.330. The SMILES string of the molecule is CC1OCCC1(CNC(C)(C)C)COCC(F)(F)F. The molecular weight excluding hydrogens is 259 g/mol. The molecule has 1 aliphatic rings. The van der Waals surface area contributed by atoms with Crippen molar-refractivity contribution in [1.29, 1.82) is 0 Å². The summed E-state index contributed by atoms with van der Waals surface area (Å²) in [7, 11) is 0. The van der Waals surface area contributed by atoms with Crippen LogP contribution in [0, 0.1) is 5.41 Å². The van der Waals surface area contributed by atoms with Crippen molar-refractivity contribution in [2.75, 3.05) is 26.4 Å². The predicted octanol–water partition coefficient (Wildman–Crippen LogP) is 2.75. The molecule has 0 aromatic carbocycles. The molecule has 0 saturated carbocycles. The molecule has 1 heterocycles. The van der Waals surface area contributed by atoms with Crippen LogP contribution < -0.4 is 5.32 Å². The van der Waals surface area contributed by atoms with Gasteiger partial charge in [-0.3, -0.25) is 0 Å². The number of nitrogens with one attached hydrogen (secondary N) is 1. The van der Waals surface area contributed by atoms with Crippen LogP contribution in [0.2, 0.25) is 0 Å². The molecule has 0 spiro atoms. The van der Waals surface area contributed by atoms with Crippen molar-refractivity contribution in [3.05, 3.63) is 0 Å². The normalized spacial score (nSPS) is 28.9. The van der Waals surface area contributed by atoms with Gasteiger partial charge in [0.2, 0.25) is 0 Å². The topological polar surface area (TPSA) is 30.5 Å². The quantitative estimate of drug-likeness (QED) is 0.841. The van der Waals surface area contributed by atoms with Crippen molar-refractivity contribution < 1.29 is 22.6 Å². The van der Waals surface area contributed by atoms with Gasteiger partial charge in [0.25, 0.3) is 0 Å². The Labute approximate surface area is 112 Å². The second-order valence-corrected chi connectivity index (χ2v) is 6.34. The minimum Gasteiger partial charge on any atom is -0.378 e. The van der Waals surface area contributed by atoms with Gasteiger partial charge < -0.3 is 14.8 Å². The van der Waals surface area contributed by atoms with Crippen LogP contribution in [0.5, 0.6) is 0 Å². The van der Waals surface area contributed by atoms with E-state index in [4.69, 9.17) is 9.47 Å². The number of halogens is 3. The maximum Gasteiger partial charge on any atom is 0.411 e. The zero-order valence-electron chi connectivity index (χ0n) is 12.1. The summed E-state index contributed by atoms with van der Waals surface area (Å²) in [6.07, 6.45) is -3.66. The molecule has 6 heteroatoms. The van der Waals surface area contributed by atoms with Crippen molar-refractivity contribution in [3.8, 4) is 0 Å². The summed E-state index contributed by atoms with van der Waals surface area (Å²) < 4.78 is 46.9. The molecule has 3 nitrogen and oxygen atoms in total. The lowest BCUT2D eigenvalue weighted by atomic mass is 9.81. The number of alkyl halides is 3. The minimum absolute atomic E-state index is 0.0662. The summed E-state index contributed by atoms with van der Waals surface area (Å²) >= 11 is 0. The molecule has 2 atom stereocenters. The molecule has 0 aromatic heterocycles. The largest absolute Gasteiger partial charge is 0.411 e. The van der Waals surface area contributed by atoms with E-state index in [1.807, 2.05) is 27.7 Å². The highest BCUT2D eigenvalue weighted by molar-refractivity contribution is 4.93. The Morgan fingerprint density at radius 1 is 1.32 bits per heavy atom. The van der Waals surface area contributed by atoms with Crippen molar-refractivity contribution >= 4 is 0 Å². The maximum atomic E-state index is 12.2. The first-order chi connectivity index (χ1) is 8.54. The van der Waals surface area contributed by atoms with E-state index in [0.717, 1.165) is 6.42 Å². The molecular formula is C13H24F3NO2. The molecule has 19 heavy (non-hydrogen) atoms. The van der Waals surface area contributed by atoms with Crippen LogP contribution >= 0.6 is 0 Å². The minimum atomic E-state index is -4.28. The van der Waals surface area contributed by atoms with Crippen LogP contribution in [0.15, 0.2) is 0 Å². The van der Waals surface area contributed by atoms with Gasteiger partial charge in [0.05, 0.1) is 12.7 Å². The molecule has 1 saturated heterocycles. The van der Waals surface area contributed by atoms with Crippen molar-refractivity contribution in [2.45, 2.75) is 51.9 Å². The van der Waals surface area contributed by atoms with Gasteiger partial charge >= 0.3 is 6.18 Å². The maximum absolute atomic E-state index is 12.2. The van der Waals surface area contributed by atoms with Crippen LogP contribution in [-0.4, -0.2) is 44.2 Å². The van der Waals surface area contributed by atoms with Crippen LogP contribution in [-0.2, 0) is 9.47 Å². The zero-order chi connectivity index (χ0) is 14.7. The molecule has 1 N–H and O–H groups in total. The fourth-order valence-corrected chi connectivity index (χ4v) is 2.10. The Kier molecular flexibility index (Phi) is 5.26. The number of ether oxygens (including phenoxy) is 2. The van der Waals surface area contributed by atoms with Gasteiger partial charge in [-0.15, -0.1) is 0 Å². The van der Waals surface area contributed by atoms with Gasteiger partial charge in [-0.2, -0.15) is 13.2 Å². The number of hydrogen-bond donors (Lipinski definition) is 1. The van der Waals surface area contributed by atoms with E-state index in [0.29, 0.717) is 13.2 Å². The van der Waals surface area contributed by atoms with Crippen molar-refractivity contribution in [3.63, 3.8) is 0 Å². The van der Waals surface area contributed by atoms with Gasteiger partial charge in [0.1, 0.15) is 6.61 Å². The molecule has 0 radical (unpaired) electrons. The van der Waals surface area contributed by atoms with E-state index in [9.17, 15) is 13.2 Å². The first-order valence-electron chi connectivity index (χ1n) is 6.55. The Morgan fingerprint density at radius 3 is 2.37 bits per heavy atom. The smallest absolute Gasteiger partial charge is 0.378 e. The second kappa shape index (κ2) is 5.97. The Balaban J connectivity index is 2.56. The lowest BCUT2D eigenvalue weighted by molar-refractivity contribution is -0.182. The summed E-state index contributed by atoms with van der Waals surface area (Å²) in [4.78, 5) is 0. The average Bonchev–Trinajstić information content (AvgIpc) is 2.55. The van der Waals surface area contributed by atoms with E-state index in [2.05, 4.69) is 5.32 Å². The third kappa shape index (κ3) is 5.67. The van der Waals surface area contributed by atoms with Crippen LogP contribution in [0.3, 0.4) is 0 Å². The lowest BCUT2D eigenvalue weighted by Crippen LogP contribution is -2.49. The highest BCUT2D eigenvalue weighted by Crippen LogP contribution is 2.35. The number of rotatable bonds is 5. The van der Waals surface area contributed by atoms with Crippen molar-refractivity contribution in [2.24, 2.45) is 5.41 Å². The summed E-state index contributed by atoms with van der Waals surface area (Å²) in [5.41, 5.74) is -0.460. The molecule has 2 unspecified atom stereocenters. The summed E-state index contributed by atoms with van der Waals surface area (Å²) in [5.74, 6) is 0. The highest BCUT2D eigenvalue weighted by atomic mass is 19.4. The lowest BCUT2D eigenvalue weighted by Gasteiger charge is -2.35. The summed E-state index contributed by atoms with van der Waals surface area (Å²) in [5, 5.41) is 3.34. The van der Waals surface area contributed by atoms with Crippen LogP contribution in [0.1, 0.15) is 34.1 Å². The van der Waals surface area contributed by atoms with Gasteiger partial charge in [0, 0.05) is 24.1 Å². The number of hydrogen-bond acceptors (Lipinski definition) is 3. The third-order valence-corrected chi connectivity index (χ3v) is 3.46. The van der Waals surface area contributed by atoms with E-state index in [1.165, 1.54) is 0 Å². The predicted molar refractivity (Wildman–Crippen MR) is 67.1 cm³/mol. The Bertz CT molecular complexity index is 289. The molecule has 0 bridgehead atoms.